The number of hydrogen-bond acceptors (Lipinski definition) is 5. The second-order valence-corrected chi connectivity index (χ2v) is 5.60. The summed E-state index contributed by atoms with van der Waals surface area (Å²) in [5, 5.41) is 9.91. The zero-order valence-corrected chi connectivity index (χ0v) is 8.77. The lowest BCUT2D eigenvalue weighted by Crippen LogP contribution is -2.17. The molecular weight excluding hydrogens is 222 g/mol. The van der Waals surface area contributed by atoms with Crippen molar-refractivity contribution in [2.24, 2.45) is 0 Å². The minimum atomic E-state index is -3.56. The lowest BCUT2D eigenvalue weighted by molar-refractivity contribution is 0.102. The number of carbonyl (C=O) groups is 1. The number of sulfone groups is 1. The van der Waals surface area contributed by atoms with Crippen molar-refractivity contribution < 1.29 is 13.2 Å². The van der Waals surface area contributed by atoms with Gasteiger partial charge in [0.25, 0.3) is 0 Å². The Morgan fingerprint density at radius 3 is 2.79 bits per heavy atom. The van der Waals surface area contributed by atoms with Gasteiger partial charge in [0.15, 0.2) is 15.6 Å². The van der Waals surface area contributed by atoms with E-state index in [1.54, 1.807) is 17.5 Å². The van der Waals surface area contributed by atoms with Crippen molar-refractivity contribution in [1.82, 2.24) is 0 Å². The Morgan fingerprint density at radius 1 is 1.57 bits per heavy atom. The standard InChI is InChI=1S/C8H7NO3S2/c9-3-5-14(11,12)6-7(10)8-2-1-4-13-8/h1-2,4H,5-6H2. The van der Waals surface area contributed by atoms with Crippen LogP contribution in [0.5, 0.6) is 0 Å². The molecule has 0 unspecified atom stereocenters. The number of thiophene rings is 1. The molecule has 0 spiro atoms. The first kappa shape index (κ1) is 10.9. The van der Waals surface area contributed by atoms with E-state index in [-0.39, 0.29) is 0 Å². The summed E-state index contributed by atoms with van der Waals surface area (Å²) in [6.45, 7) is 0. The number of carbonyl (C=O) groups excluding carboxylic acids is 1. The Kier molecular flexibility index (Phi) is 3.38. The number of ketones is 1. The van der Waals surface area contributed by atoms with Gasteiger partial charge in [-0.25, -0.2) is 8.42 Å². The molecule has 0 aliphatic heterocycles. The molecule has 1 heterocycles. The molecule has 0 saturated carbocycles. The second kappa shape index (κ2) is 4.35. The van der Waals surface area contributed by atoms with Gasteiger partial charge in [-0.15, -0.1) is 11.3 Å². The van der Waals surface area contributed by atoms with Gasteiger partial charge < -0.3 is 0 Å². The fraction of sp³-hybridized carbons (Fsp3) is 0.250. The van der Waals surface area contributed by atoms with Crippen molar-refractivity contribution in [3.8, 4) is 6.07 Å². The highest BCUT2D eigenvalue weighted by Crippen LogP contribution is 2.10. The number of nitrogens with zero attached hydrogens (tertiary/aromatic N) is 1. The van der Waals surface area contributed by atoms with Gasteiger partial charge in [-0.2, -0.15) is 5.26 Å². The summed E-state index contributed by atoms with van der Waals surface area (Å²) in [7, 11) is -3.56. The van der Waals surface area contributed by atoms with E-state index in [0.29, 0.717) is 4.88 Å². The third kappa shape index (κ3) is 2.94. The molecule has 1 aromatic rings. The zero-order chi connectivity index (χ0) is 10.6. The number of nitriles is 1. The average Bonchev–Trinajstić information content (AvgIpc) is 2.53. The highest BCUT2D eigenvalue weighted by atomic mass is 32.2. The van der Waals surface area contributed by atoms with Gasteiger partial charge in [0.2, 0.25) is 0 Å². The van der Waals surface area contributed by atoms with Crippen LogP contribution in [0.4, 0.5) is 0 Å². The van der Waals surface area contributed by atoms with Gasteiger partial charge in [0, 0.05) is 0 Å². The van der Waals surface area contributed by atoms with Crippen LogP contribution in [0.3, 0.4) is 0 Å². The van der Waals surface area contributed by atoms with Crippen molar-refractivity contribution in [2.75, 3.05) is 11.5 Å². The Bertz CT molecular complexity index is 453. The Hall–Kier alpha value is -1.19. The second-order valence-electron chi connectivity index (χ2n) is 2.59. The normalized spacial score (nSPS) is 10.8. The predicted molar refractivity (Wildman–Crippen MR) is 52.9 cm³/mol. The third-order valence-corrected chi connectivity index (χ3v) is 3.61. The lowest BCUT2D eigenvalue weighted by Gasteiger charge is -1.96. The van der Waals surface area contributed by atoms with Gasteiger partial charge in [-0.3, -0.25) is 4.79 Å². The molecule has 74 valence electrons. The van der Waals surface area contributed by atoms with Crippen molar-refractivity contribution in [3.05, 3.63) is 22.4 Å². The molecule has 0 aliphatic rings. The molecule has 0 radical (unpaired) electrons. The number of Topliss-reactive ketones (excluding diaryl/α,β-unsaturated/α-hetero) is 1. The molecule has 0 atom stereocenters. The molecule has 14 heavy (non-hydrogen) atoms. The Morgan fingerprint density at radius 2 is 2.29 bits per heavy atom. The van der Waals surface area contributed by atoms with Crippen LogP contribution in [0.1, 0.15) is 9.67 Å². The van der Waals surface area contributed by atoms with Gasteiger partial charge in [-0.1, -0.05) is 6.07 Å². The molecule has 0 fully saturated rings. The van der Waals surface area contributed by atoms with E-state index in [4.69, 9.17) is 5.26 Å². The summed E-state index contributed by atoms with van der Waals surface area (Å²) < 4.78 is 22.2. The van der Waals surface area contributed by atoms with E-state index in [9.17, 15) is 13.2 Å². The van der Waals surface area contributed by atoms with Gasteiger partial charge in [0.05, 0.1) is 10.9 Å². The molecule has 0 amide bonds. The van der Waals surface area contributed by atoms with Crippen molar-refractivity contribution in [1.29, 1.82) is 5.26 Å². The van der Waals surface area contributed by atoms with Gasteiger partial charge in [0.1, 0.15) is 11.5 Å². The van der Waals surface area contributed by atoms with Crippen LogP contribution in [-0.4, -0.2) is 25.7 Å². The van der Waals surface area contributed by atoms with E-state index >= 15 is 0 Å². The van der Waals surface area contributed by atoms with Gasteiger partial charge in [-0.05, 0) is 11.4 Å². The lowest BCUT2D eigenvalue weighted by atomic mass is 10.4. The zero-order valence-electron chi connectivity index (χ0n) is 7.13. The SMILES string of the molecule is N#CCS(=O)(=O)CC(=O)c1cccs1. The monoisotopic (exact) mass is 229 g/mol. The molecular formula is C8H7NO3S2. The van der Waals surface area contributed by atoms with Crippen molar-refractivity contribution in [3.63, 3.8) is 0 Å². The highest BCUT2D eigenvalue weighted by Gasteiger charge is 2.17. The van der Waals surface area contributed by atoms with Gasteiger partial charge >= 0.3 is 0 Å². The molecule has 0 saturated heterocycles. The Balaban J connectivity index is 2.73. The highest BCUT2D eigenvalue weighted by molar-refractivity contribution is 7.92. The maximum absolute atomic E-state index is 11.3. The van der Waals surface area contributed by atoms with E-state index in [1.165, 1.54) is 17.4 Å². The minimum Gasteiger partial charge on any atom is -0.292 e. The first-order valence-electron chi connectivity index (χ1n) is 3.69. The third-order valence-electron chi connectivity index (χ3n) is 1.43. The topological polar surface area (TPSA) is 75.0 Å². The summed E-state index contributed by atoms with van der Waals surface area (Å²) in [6.07, 6.45) is 0. The van der Waals surface area contributed by atoms with Crippen molar-refractivity contribution in [2.45, 2.75) is 0 Å². The van der Waals surface area contributed by atoms with Crippen LogP contribution in [0, 0.1) is 11.3 Å². The molecule has 1 aromatic heterocycles. The smallest absolute Gasteiger partial charge is 0.187 e. The first-order chi connectivity index (χ1) is 6.55. The minimum absolute atomic E-state index is 0.409. The summed E-state index contributed by atoms with van der Waals surface area (Å²) in [5.74, 6) is -1.64. The fourth-order valence-corrected chi connectivity index (χ4v) is 2.47. The molecule has 1 rings (SSSR count). The molecule has 0 N–H and O–H groups in total. The van der Waals surface area contributed by atoms with Crippen LogP contribution in [-0.2, 0) is 9.84 Å². The van der Waals surface area contributed by atoms with Crippen LogP contribution in [0.25, 0.3) is 0 Å². The summed E-state index contributed by atoms with van der Waals surface area (Å²) in [4.78, 5) is 11.7. The van der Waals surface area contributed by atoms with Crippen LogP contribution in [0.15, 0.2) is 17.5 Å². The first-order valence-corrected chi connectivity index (χ1v) is 6.39. The quantitative estimate of drug-likeness (QED) is 0.718. The van der Waals surface area contributed by atoms with E-state index in [1.807, 2.05) is 0 Å². The average molecular weight is 229 g/mol. The summed E-state index contributed by atoms with van der Waals surface area (Å²) >= 11 is 1.19. The molecule has 0 aliphatic carbocycles. The van der Waals surface area contributed by atoms with Crippen molar-refractivity contribution >= 4 is 27.0 Å². The maximum atomic E-state index is 11.3. The van der Waals surface area contributed by atoms with Crippen LogP contribution >= 0.6 is 11.3 Å². The fourth-order valence-electron chi connectivity index (χ4n) is 0.857. The molecule has 0 bridgehead atoms. The number of rotatable bonds is 4. The maximum Gasteiger partial charge on any atom is 0.187 e. The van der Waals surface area contributed by atoms with Crippen LogP contribution < -0.4 is 0 Å². The predicted octanol–water partition coefficient (Wildman–Crippen LogP) is 0.869. The molecule has 4 nitrogen and oxygen atoms in total. The summed E-state index contributed by atoms with van der Waals surface area (Å²) in [6, 6.07) is 4.76. The summed E-state index contributed by atoms with van der Waals surface area (Å²) in [5.41, 5.74) is 0. The molecule has 6 heteroatoms. The largest absolute Gasteiger partial charge is 0.292 e. The Labute approximate surface area is 85.7 Å². The van der Waals surface area contributed by atoms with E-state index in [2.05, 4.69) is 0 Å². The van der Waals surface area contributed by atoms with Crippen LogP contribution in [0.2, 0.25) is 0 Å². The number of hydrogen-bond donors (Lipinski definition) is 0. The molecule has 0 aromatic carbocycles. The van der Waals surface area contributed by atoms with E-state index in [0.717, 1.165) is 0 Å². The van der Waals surface area contributed by atoms with E-state index < -0.39 is 27.1 Å².